The maximum atomic E-state index is 12.6. The number of ether oxygens (including phenoxy) is 1. The maximum Gasteiger partial charge on any atom is 0.224 e. The van der Waals surface area contributed by atoms with Crippen LogP contribution in [0.15, 0.2) is 30.3 Å². The van der Waals surface area contributed by atoms with Crippen LogP contribution in [0.2, 0.25) is 0 Å². The molecule has 0 aliphatic carbocycles. The van der Waals surface area contributed by atoms with E-state index < -0.39 is 0 Å². The number of amides is 2. The summed E-state index contributed by atoms with van der Waals surface area (Å²) in [5.41, 5.74) is 1.11. The lowest BCUT2D eigenvalue weighted by Gasteiger charge is -2.28. The van der Waals surface area contributed by atoms with Crippen molar-refractivity contribution in [1.29, 1.82) is 0 Å². The second kappa shape index (κ2) is 10.8. The Bertz CT molecular complexity index is 503. The molecule has 0 saturated carbocycles. The molecule has 1 aromatic carbocycles. The lowest BCUT2D eigenvalue weighted by atomic mass is 10.1. The Morgan fingerprint density at radius 1 is 1.12 bits per heavy atom. The third-order valence-corrected chi connectivity index (χ3v) is 3.96. The Hall–Kier alpha value is -1.88. The van der Waals surface area contributed by atoms with E-state index in [0.29, 0.717) is 32.7 Å². The molecule has 0 N–H and O–H groups in total. The van der Waals surface area contributed by atoms with Crippen LogP contribution >= 0.6 is 0 Å². The molecule has 0 aliphatic rings. The molecule has 5 nitrogen and oxygen atoms in total. The van der Waals surface area contributed by atoms with Gasteiger partial charge in [-0.1, -0.05) is 30.3 Å². The SMILES string of the molecule is COCCCN(CCC(=O)N(Cc1ccccc1)C(C)C)C(C)=O. The van der Waals surface area contributed by atoms with Gasteiger partial charge in [0, 0.05) is 52.7 Å². The highest BCUT2D eigenvalue weighted by atomic mass is 16.5. The minimum Gasteiger partial charge on any atom is -0.385 e. The van der Waals surface area contributed by atoms with Crippen molar-refractivity contribution in [2.75, 3.05) is 26.8 Å². The van der Waals surface area contributed by atoms with Crippen LogP contribution in [0.1, 0.15) is 39.2 Å². The number of rotatable bonds is 10. The van der Waals surface area contributed by atoms with Gasteiger partial charge in [-0.2, -0.15) is 0 Å². The zero-order valence-corrected chi connectivity index (χ0v) is 15.3. The normalized spacial score (nSPS) is 10.7. The van der Waals surface area contributed by atoms with Crippen molar-refractivity contribution in [3.63, 3.8) is 0 Å². The minimum absolute atomic E-state index is 0.00180. The number of hydrogen-bond donors (Lipinski definition) is 0. The van der Waals surface area contributed by atoms with E-state index in [2.05, 4.69) is 0 Å². The Morgan fingerprint density at radius 3 is 2.33 bits per heavy atom. The number of carbonyl (C=O) groups is 2. The zero-order chi connectivity index (χ0) is 17.9. The molecule has 0 heterocycles. The fourth-order valence-electron chi connectivity index (χ4n) is 2.54. The van der Waals surface area contributed by atoms with Crippen molar-refractivity contribution in [3.05, 3.63) is 35.9 Å². The van der Waals surface area contributed by atoms with Gasteiger partial charge >= 0.3 is 0 Å². The standard InChI is InChI=1S/C19H30N2O3/c1-16(2)21(15-18-9-6-5-7-10-18)19(23)11-13-20(17(3)22)12-8-14-24-4/h5-7,9-10,16H,8,11-15H2,1-4H3. The smallest absolute Gasteiger partial charge is 0.224 e. The van der Waals surface area contributed by atoms with E-state index in [1.807, 2.05) is 49.1 Å². The van der Waals surface area contributed by atoms with Crippen molar-refractivity contribution in [3.8, 4) is 0 Å². The van der Waals surface area contributed by atoms with Crippen LogP contribution in [0.5, 0.6) is 0 Å². The predicted octanol–water partition coefficient (Wildman–Crippen LogP) is 2.70. The summed E-state index contributed by atoms with van der Waals surface area (Å²) in [6, 6.07) is 10.1. The Kier molecular flexibility index (Phi) is 9.08. The van der Waals surface area contributed by atoms with Crippen LogP contribution in [0, 0.1) is 0 Å². The van der Waals surface area contributed by atoms with Gasteiger partial charge in [-0.05, 0) is 25.8 Å². The topological polar surface area (TPSA) is 49.9 Å². The quantitative estimate of drug-likeness (QED) is 0.618. The molecule has 2 amide bonds. The molecule has 1 aromatic rings. The fourth-order valence-corrected chi connectivity index (χ4v) is 2.54. The van der Waals surface area contributed by atoms with Crippen molar-refractivity contribution in [2.45, 2.75) is 46.2 Å². The molecule has 0 saturated heterocycles. The lowest BCUT2D eigenvalue weighted by Crippen LogP contribution is -2.39. The first-order valence-electron chi connectivity index (χ1n) is 8.53. The fraction of sp³-hybridized carbons (Fsp3) is 0.579. The molecule has 0 radical (unpaired) electrons. The van der Waals surface area contributed by atoms with E-state index in [4.69, 9.17) is 4.74 Å². The molecule has 0 fully saturated rings. The van der Waals surface area contributed by atoms with E-state index in [0.717, 1.165) is 12.0 Å². The Morgan fingerprint density at radius 2 is 1.79 bits per heavy atom. The third kappa shape index (κ3) is 7.13. The van der Waals surface area contributed by atoms with E-state index in [-0.39, 0.29) is 17.9 Å². The number of benzene rings is 1. The molecule has 0 unspecified atom stereocenters. The Balaban J connectivity index is 2.59. The van der Waals surface area contributed by atoms with E-state index in [1.54, 1.807) is 18.9 Å². The highest BCUT2D eigenvalue weighted by Gasteiger charge is 2.19. The summed E-state index contributed by atoms with van der Waals surface area (Å²) in [5, 5.41) is 0. The van der Waals surface area contributed by atoms with Crippen LogP contribution in [-0.2, 0) is 20.9 Å². The molecule has 5 heteroatoms. The first-order chi connectivity index (χ1) is 11.5. The Labute approximate surface area is 145 Å². The number of hydrogen-bond acceptors (Lipinski definition) is 3. The molecular formula is C19H30N2O3. The van der Waals surface area contributed by atoms with Gasteiger partial charge in [0.1, 0.15) is 0 Å². The van der Waals surface area contributed by atoms with Crippen LogP contribution in [-0.4, -0.2) is 54.5 Å². The van der Waals surface area contributed by atoms with Crippen LogP contribution in [0.25, 0.3) is 0 Å². The van der Waals surface area contributed by atoms with Crippen molar-refractivity contribution in [2.24, 2.45) is 0 Å². The molecule has 0 bridgehead atoms. The highest BCUT2D eigenvalue weighted by molar-refractivity contribution is 5.78. The lowest BCUT2D eigenvalue weighted by molar-refractivity contribution is -0.135. The first kappa shape index (κ1) is 20.2. The predicted molar refractivity (Wildman–Crippen MR) is 95.5 cm³/mol. The molecule has 0 aliphatic heterocycles. The summed E-state index contributed by atoms with van der Waals surface area (Å²) in [6.45, 7) is 7.86. The van der Waals surface area contributed by atoms with E-state index >= 15 is 0 Å². The molecule has 0 spiro atoms. The molecule has 0 atom stereocenters. The van der Waals surface area contributed by atoms with Crippen LogP contribution in [0.4, 0.5) is 0 Å². The summed E-state index contributed by atoms with van der Waals surface area (Å²) in [4.78, 5) is 27.9. The van der Waals surface area contributed by atoms with Gasteiger partial charge < -0.3 is 14.5 Å². The van der Waals surface area contributed by atoms with Crippen molar-refractivity contribution >= 4 is 11.8 Å². The second-order valence-electron chi connectivity index (χ2n) is 6.20. The molecule has 24 heavy (non-hydrogen) atoms. The highest BCUT2D eigenvalue weighted by Crippen LogP contribution is 2.10. The molecule has 0 aromatic heterocycles. The van der Waals surface area contributed by atoms with Gasteiger partial charge in [0.15, 0.2) is 0 Å². The molecule has 134 valence electrons. The zero-order valence-electron chi connectivity index (χ0n) is 15.3. The van der Waals surface area contributed by atoms with Gasteiger partial charge in [-0.15, -0.1) is 0 Å². The molecule has 1 rings (SSSR count). The average molecular weight is 334 g/mol. The van der Waals surface area contributed by atoms with Gasteiger partial charge in [0.05, 0.1) is 0 Å². The number of methoxy groups -OCH3 is 1. The van der Waals surface area contributed by atoms with Crippen LogP contribution in [0.3, 0.4) is 0 Å². The van der Waals surface area contributed by atoms with Gasteiger partial charge in [-0.25, -0.2) is 0 Å². The van der Waals surface area contributed by atoms with E-state index in [1.165, 1.54) is 0 Å². The van der Waals surface area contributed by atoms with Crippen molar-refractivity contribution < 1.29 is 14.3 Å². The average Bonchev–Trinajstić information content (AvgIpc) is 2.55. The van der Waals surface area contributed by atoms with Gasteiger partial charge in [0.25, 0.3) is 0 Å². The maximum absolute atomic E-state index is 12.6. The summed E-state index contributed by atoms with van der Waals surface area (Å²) in [6.07, 6.45) is 1.12. The van der Waals surface area contributed by atoms with Gasteiger partial charge in [0.2, 0.25) is 11.8 Å². The first-order valence-corrected chi connectivity index (χ1v) is 8.53. The minimum atomic E-state index is -0.00180. The van der Waals surface area contributed by atoms with Crippen LogP contribution < -0.4 is 0 Å². The summed E-state index contributed by atoms with van der Waals surface area (Å²) >= 11 is 0. The number of nitrogens with zero attached hydrogens (tertiary/aromatic N) is 2. The number of carbonyl (C=O) groups excluding carboxylic acids is 2. The summed E-state index contributed by atoms with van der Waals surface area (Å²) < 4.78 is 5.02. The van der Waals surface area contributed by atoms with Crippen molar-refractivity contribution in [1.82, 2.24) is 9.80 Å². The molecular weight excluding hydrogens is 304 g/mol. The summed E-state index contributed by atoms with van der Waals surface area (Å²) in [7, 11) is 1.64. The monoisotopic (exact) mass is 334 g/mol. The van der Waals surface area contributed by atoms with Gasteiger partial charge in [-0.3, -0.25) is 9.59 Å². The largest absolute Gasteiger partial charge is 0.385 e. The second-order valence-corrected chi connectivity index (χ2v) is 6.20. The summed E-state index contributed by atoms with van der Waals surface area (Å²) in [5.74, 6) is 0.0740. The third-order valence-electron chi connectivity index (χ3n) is 3.96. The van der Waals surface area contributed by atoms with E-state index in [9.17, 15) is 9.59 Å².